The molecule has 0 unspecified atom stereocenters. The lowest BCUT2D eigenvalue weighted by Crippen LogP contribution is -2.35. The minimum Gasteiger partial charge on any atom is -0.492 e. The van der Waals surface area contributed by atoms with E-state index >= 15 is 4.39 Å². The molecule has 0 radical (unpaired) electrons. The third-order valence-corrected chi connectivity index (χ3v) is 12.5. The number of halogens is 1. The minimum absolute atomic E-state index is 0.116. The summed E-state index contributed by atoms with van der Waals surface area (Å²) in [5.74, 6) is -0.189. The summed E-state index contributed by atoms with van der Waals surface area (Å²) in [4.78, 5) is 37.1. The lowest BCUT2D eigenvalue weighted by atomic mass is 9.77. The molecular formula is C56H69FN2O7. The van der Waals surface area contributed by atoms with E-state index in [2.05, 4.69) is 57.9 Å². The smallest absolute Gasteiger partial charge is 0.333 e. The maximum Gasteiger partial charge on any atom is 0.333 e. The zero-order chi connectivity index (χ0) is 48.2. The summed E-state index contributed by atoms with van der Waals surface area (Å²) >= 11 is 0. The SMILES string of the molecule is C=C(C)C(=O)OCCCc1cc(-c2ccc(-c3ccc(C4CCC(CCCCC)CC4)cc3F)cc2CC)cc(CCCOC(=O)C(=C)C)c1OCC(CC#N)(CC#N)COC(=O)C(=C)C. The number of hydrogen-bond donors (Lipinski definition) is 0. The van der Waals surface area contributed by atoms with Crippen molar-refractivity contribution in [2.75, 3.05) is 26.4 Å². The van der Waals surface area contributed by atoms with Crippen molar-refractivity contribution < 1.29 is 37.7 Å². The molecule has 9 nitrogen and oxygen atoms in total. The van der Waals surface area contributed by atoms with Crippen LogP contribution in [0.4, 0.5) is 4.39 Å². The Hall–Kier alpha value is -6.00. The van der Waals surface area contributed by atoms with E-state index in [1.165, 1.54) is 45.4 Å². The maximum atomic E-state index is 16.1. The molecule has 1 aliphatic rings. The molecule has 352 valence electrons. The van der Waals surface area contributed by atoms with Crippen LogP contribution in [0.1, 0.15) is 140 Å². The van der Waals surface area contributed by atoms with Crippen LogP contribution < -0.4 is 4.74 Å². The number of nitriles is 2. The van der Waals surface area contributed by atoms with Crippen LogP contribution >= 0.6 is 0 Å². The largest absolute Gasteiger partial charge is 0.492 e. The van der Waals surface area contributed by atoms with Crippen LogP contribution in [0.15, 0.2) is 85.0 Å². The van der Waals surface area contributed by atoms with Crippen LogP contribution in [-0.2, 0) is 47.9 Å². The Kier molecular flexibility index (Phi) is 20.9. The van der Waals surface area contributed by atoms with Gasteiger partial charge in [-0.15, -0.1) is 0 Å². The number of carbonyl (C=O) groups is 3. The van der Waals surface area contributed by atoms with Crippen LogP contribution in [0.3, 0.4) is 0 Å². The lowest BCUT2D eigenvalue weighted by Gasteiger charge is -2.30. The Balaban J connectivity index is 1.75. The molecule has 0 spiro atoms. The summed E-state index contributed by atoms with van der Waals surface area (Å²) in [6.45, 7) is 19.9. The van der Waals surface area contributed by atoms with E-state index in [0.29, 0.717) is 49.3 Å². The molecular weight excluding hydrogens is 832 g/mol. The van der Waals surface area contributed by atoms with Gasteiger partial charge in [0.1, 0.15) is 18.2 Å². The van der Waals surface area contributed by atoms with E-state index in [4.69, 9.17) is 18.9 Å². The molecule has 0 aliphatic heterocycles. The highest BCUT2D eigenvalue weighted by atomic mass is 19.1. The van der Waals surface area contributed by atoms with Crippen molar-refractivity contribution in [3.05, 3.63) is 113 Å². The molecule has 10 heteroatoms. The van der Waals surface area contributed by atoms with Gasteiger partial charge in [0.15, 0.2) is 0 Å². The number of aryl methyl sites for hydroxylation is 3. The maximum absolute atomic E-state index is 16.1. The van der Waals surface area contributed by atoms with Gasteiger partial charge in [-0.3, -0.25) is 0 Å². The van der Waals surface area contributed by atoms with Gasteiger partial charge in [0.2, 0.25) is 0 Å². The Morgan fingerprint density at radius 2 is 1.23 bits per heavy atom. The van der Waals surface area contributed by atoms with Crippen molar-refractivity contribution >= 4 is 17.9 Å². The second-order valence-corrected chi connectivity index (χ2v) is 18.2. The fourth-order valence-electron chi connectivity index (χ4n) is 8.60. The molecule has 3 aromatic carbocycles. The van der Waals surface area contributed by atoms with E-state index in [1.54, 1.807) is 19.9 Å². The summed E-state index contributed by atoms with van der Waals surface area (Å²) in [5, 5.41) is 19.8. The number of unbranched alkanes of at least 4 members (excludes halogenated alkanes) is 2. The standard InChI is InChI=1S/C56H69FN2O7/c1-9-11-12-15-41-18-20-43(21-19-41)44-22-25-50(51(57)35-44)45-23-24-49(42(10-2)32-45)48-33-46(16-13-30-63-53(60)38(3)4)52(47(34-48)17-14-31-64-54(61)39(5)6)65-36-56(26-28-58,27-29-59)37-66-55(62)40(7)8/h22-25,32-35,41,43H,3,5,7,9-21,26-27,30-31,36-37H2,1-2,4,6,8H3. The van der Waals surface area contributed by atoms with Crippen LogP contribution in [0.5, 0.6) is 5.75 Å². The average molecular weight is 901 g/mol. The molecule has 0 N–H and O–H groups in total. The quantitative estimate of drug-likeness (QED) is 0.0334. The molecule has 0 amide bonds. The van der Waals surface area contributed by atoms with Gasteiger partial charge in [-0.2, -0.15) is 10.5 Å². The average Bonchev–Trinajstić information content (AvgIpc) is 3.30. The second kappa shape index (κ2) is 26.2. The van der Waals surface area contributed by atoms with Crippen LogP contribution in [-0.4, -0.2) is 44.3 Å². The summed E-state index contributed by atoms with van der Waals surface area (Å²) < 4.78 is 39.2. The summed E-state index contributed by atoms with van der Waals surface area (Å²) in [6.07, 6.45) is 11.8. The van der Waals surface area contributed by atoms with E-state index < -0.39 is 23.3 Å². The van der Waals surface area contributed by atoms with Gasteiger partial charge in [-0.25, -0.2) is 18.8 Å². The van der Waals surface area contributed by atoms with E-state index in [1.807, 2.05) is 30.3 Å². The highest BCUT2D eigenvalue weighted by molar-refractivity contribution is 5.87. The molecule has 1 aliphatic carbocycles. The first-order valence-electron chi connectivity index (χ1n) is 23.6. The van der Waals surface area contributed by atoms with Crippen LogP contribution in [0.25, 0.3) is 22.3 Å². The Morgan fingerprint density at radius 3 is 1.74 bits per heavy atom. The highest BCUT2D eigenvalue weighted by Crippen LogP contribution is 2.41. The van der Waals surface area contributed by atoms with E-state index in [-0.39, 0.29) is 61.8 Å². The van der Waals surface area contributed by atoms with Gasteiger partial charge in [0, 0.05) is 35.1 Å². The summed E-state index contributed by atoms with van der Waals surface area (Å²) in [5.41, 5.74) is 6.40. The molecule has 1 saturated carbocycles. The molecule has 0 aromatic heterocycles. The number of ether oxygens (including phenoxy) is 4. The van der Waals surface area contributed by atoms with Crippen molar-refractivity contribution in [1.29, 1.82) is 10.5 Å². The van der Waals surface area contributed by atoms with Crippen LogP contribution in [0.2, 0.25) is 0 Å². The molecule has 4 rings (SSSR count). The highest BCUT2D eigenvalue weighted by Gasteiger charge is 2.34. The minimum atomic E-state index is -1.16. The first-order chi connectivity index (χ1) is 31.6. The van der Waals surface area contributed by atoms with Gasteiger partial charge >= 0.3 is 17.9 Å². The zero-order valence-corrected chi connectivity index (χ0v) is 40.0. The first-order valence-corrected chi connectivity index (χ1v) is 23.6. The number of esters is 3. The molecule has 66 heavy (non-hydrogen) atoms. The van der Waals surface area contributed by atoms with Gasteiger partial charge in [0.25, 0.3) is 0 Å². The number of benzene rings is 3. The van der Waals surface area contributed by atoms with Crippen LogP contribution in [0, 0.1) is 39.8 Å². The Labute approximate surface area is 392 Å². The van der Waals surface area contributed by atoms with E-state index in [9.17, 15) is 24.9 Å². The number of rotatable bonds is 26. The number of hydrogen-bond acceptors (Lipinski definition) is 9. The first kappa shape index (κ1) is 52.6. The molecule has 0 atom stereocenters. The summed E-state index contributed by atoms with van der Waals surface area (Å²) in [6, 6.07) is 20.1. The predicted molar refractivity (Wildman–Crippen MR) is 258 cm³/mol. The molecule has 0 heterocycles. The van der Waals surface area contributed by atoms with Crippen molar-refractivity contribution in [2.24, 2.45) is 11.3 Å². The molecule has 0 bridgehead atoms. The lowest BCUT2D eigenvalue weighted by molar-refractivity contribution is -0.143. The fourth-order valence-corrected chi connectivity index (χ4v) is 8.60. The summed E-state index contributed by atoms with van der Waals surface area (Å²) in [7, 11) is 0. The Bertz CT molecular complexity index is 2220. The number of carbonyl (C=O) groups excluding carboxylic acids is 3. The third kappa shape index (κ3) is 15.3. The molecule has 1 fully saturated rings. The number of nitrogens with zero attached hydrogens (tertiary/aromatic N) is 2. The Morgan fingerprint density at radius 1 is 0.682 bits per heavy atom. The molecule has 0 saturated heterocycles. The van der Waals surface area contributed by atoms with Crippen molar-refractivity contribution in [3.8, 4) is 40.1 Å². The van der Waals surface area contributed by atoms with Crippen molar-refractivity contribution in [1.82, 2.24) is 0 Å². The molecule has 3 aromatic rings. The second-order valence-electron chi connectivity index (χ2n) is 18.2. The fraction of sp³-hybridized carbons (Fsp3) is 0.482. The third-order valence-electron chi connectivity index (χ3n) is 12.5. The van der Waals surface area contributed by atoms with Gasteiger partial charge in [0.05, 0.1) is 37.4 Å². The zero-order valence-electron chi connectivity index (χ0n) is 40.0. The normalized spacial score (nSPS) is 14.6. The van der Waals surface area contributed by atoms with E-state index in [0.717, 1.165) is 57.7 Å². The van der Waals surface area contributed by atoms with Crippen molar-refractivity contribution in [2.45, 2.75) is 137 Å². The topological polar surface area (TPSA) is 136 Å². The monoisotopic (exact) mass is 901 g/mol. The predicted octanol–water partition coefficient (Wildman–Crippen LogP) is 13.0. The van der Waals surface area contributed by atoms with Crippen molar-refractivity contribution in [3.63, 3.8) is 0 Å². The van der Waals surface area contributed by atoms with Gasteiger partial charge in [-0.1, -0.05) is 89.6 Å². The van der Waals surface area contributed by atoms with Gasteiger partial charge < -0.3 is 18.9 Å². The van der Waals surface area contributed by atoms with Gasteiger partial charge in [-0.05, 0) is 148 Å².